The molecule has 0 fully saturated rings. The molecule has 0 aliphatic heterocycles. The van der Waals surface area contributed by atoms with E-state index in [-0.39, 0.29) is 30.7 Å². The second kappa shape index (κ2) is 12.1. The zero-order chi connectivity index (χ0) is 24.5. The van der Waals surface area contributed by atoms with E-state index in [1.54, 1.807) is 24.3 Å². The van der Waals surface area contributed by atoms with Crippen LogP contribution in [0, 0.1) is 16.3 Å². The van der Waals surface area contributed by atoms with Gasteiger partial charge in [-0.25, -0.2) is 9.82 Å². The third-order valence-electron chi connectivity index (χ3n) is 4.62. The Morgan fingerprint density at radius 2 is 1.76 bits per heavy atom. The minimum absolute atomic E-state index is 0.0793. The average Bonchev–Trinajstić information content (AvgIpc) is 2.81. The lowest BCUT2D eigenvalue weighted by molar-refractivity contribution is -0.120. The molecule has 34 heavy (non-hydrogen) atoms. The average molecular weight is 575 g/mol. The summed E-state index contributed by atoms with van der Waals surface area (Å²) in [6.45, 7) is 1.78. The van der Waals surface area contributed by atoms with Gasteiger partial charge in [0.15, 0.2) is 18.1 Å². The van der Waals surface area contributed by atoms with Crippen molar-refractivity contribution in [1.29, 1.82) is 0 Å². The molecule has 3 aromatic carbocycles. The number of carbonyl (C=O) groups is 2. The standard InChI is InChI=1S/C25H23FIN3O4/c1-16-3-9-20(10-4-16)29-24(32)15-34-25-21(27)11-18(12-22(25)33-2)14-28-30-23(31)13-17-5-7-19(26)8-6-17/h3-12,14H,13,15H2,1-2H3,(H,29,32)(H,30,31)/b28-14+. The van der Waals surface area contributed by atoms with Crippen molar-refractivity contribution < 1.29 is 23.5 Å². The number of carbonyl (C=O) groups excluding carboxylic acids is 2. The second-order valence-corrected chi connectivity index (χ2v) is 8.50. The topological polar surface area (TPSA) is 89.0 Å². The Morgan fingerprint density at radius 3 is 2.44 bits per heavy atom. The predicted molar refractivity (Wildman–Crippen MR) is 137 cm³/mol. The fourth-order valence-electron chi connectivity index (χ4n) is 2.93. The van der Waals surface area contributed by atoms with E-state index in [1.165, 1.54) is 25.5 Å². The molecule has 0 aliphatic carbocycles. The molecule has 0 saturated carbocycles. The number of hydrogen-bond acceptors (Lipinski definition) is 5. The minimum atomic E-state index is -0.356. The van der Waals surface area contributed by atoms with Crippen LogP contribution in [-0.4, -0.2) is 31.7 Å². The van der Waals surface area contributed by atoms with Crippen molar-refractivity contribution in [2.75, 3.05) is 19.0 Å². The van der Waals surface area contributed by atoms with Crippen LogP contribution in [0.25, 0.3) is 0 Å². The first-order valence-corrected chi connectivity index (χ1v) is 11.3. The van der Waals surface area contributed by atoms with Crippen molar-refractivity contribution in [3.05, 3.63) is 86.7 Å². The molecular formula is C25H23FIN3O4. The number of hydrazone groups is 1. The van der Waals surface area contributed by atoms with E-state index in [2.05, 4.69) is 38.4 Å². The Balaban J connectivity index is 1.57. The number of hydrogen-bond donors (Lipinski definition) is 2. The smallest absolute Gasteiger partial charge is 0.262 e. The number of aryl methyl sites for hydroxylation is 1. The Kier molecular flexibility index (Phi) is 8.97. The maximum atomic E-state index is 13.0. The molecule has 0 unspecified atom stereocenters. The molecular weight excluding hydrogens is 552 g/mol. The highest BCUT2D eigenvalue weighted by Crippen LogP contribution is 2.33. The van der Waals surface area contributed by atoms with Crippen molar-refractivity contribution >= 4 is 46.3 Å². The van der Waals surface area contributed by atoms with E-state index in [4.69, 9.17) is 9.47 Å². The van der Waals surface area contributed by atoms with Gasteiger partial charge in [-0.3, -0.25) is 9.59 Å². The van der Waals surface area contributed by atoms with Gasteiger partial charge in [-0.2, -0.15) is 5.10 Å². The lowest BCUT2D eigenvalue weighted by Crippen LogP contribution is -2.20. The lowest BCUT2D eigenvalue weighted by atomic mass is 10.1. The van der Waals surface area contributed by atoms with E-state index >= 15 is 0 Å². The fourth-order valence-corrected chi connectivity index (χ4v) is 3.71. The maximum absolute atomic E-state index is 13.0. The molecule has 0 radical (unpaired) electrons. The molecule has 3 aromatic rings. The molecule has 0 aromatic heterocycles. The summed E-state index contributed by atoms with van der Waals surface area (Å²) in [5, 5.41) is 6.75. The Labute approximate surface area is 210 Å². The number of methoxy groups -OCH3 is 1. The van der Waals surface area contributed by atoms with Gasteiger partial charge in [0, 0.05) is 5.69 Å². The molecule has 7 nitrogen and oxygen atoms in total. The first-order valence-electron chi connectivity index (χ1n) is 10.3. The maximum Gasteiger partial charge on any atom is 0.262 e. The van der Waals surface area contributed by atoms with Gasteiger partial charge >= 0.3 is 0 Å². The van der Waals surface area contributed by atoms with E-state index in [0.717, 1.165) is 5.56 Å². The number of rotatable bonds is 9. The van der Waals surface area contributed by atoms with Crippen LogP contribution in [0.1, 0.15) is 16.7 Å². The van der Waals surface area contributed by atoms with Crippen molar-refractivity contribution in [3.8, 4) is 11.5 Å². The lowest BCUT2D eigenvalue weighted by Gasteiger charge is -2.13. The summed E-state index contributed by atoms with van der Waals surface area (Å²) < 4.78 is 24.8. The van der Waals surface area contributed by atoms with Crippen LogP contribution in [0.3, 0.4) is 0 Å². The van der Waals surface area contributed by atoms with E-state index in [1.807, 2.05) is 31.2 Å². The number of ether oxygens (including phenoxy) is 2. The second-order valence-electron chi connectivity index (χ2n) is 7.33. The zero-order valence-corrected chi connectivity index (χ0v) is 20.8. The van der Waals surface area contributed by atoms with Crippen molar-refractivity contribution in [3.63, 3.8) is 0 Å². The SMILES string of the molecule is COc1cc(/C=N/NC(=O)Cc2ccc(F)cc2)cc(I)c1OCC(=O)Nc1ccc(C)cc1. The highest BCUT2D eigenvalue weighted by molar-refractivity contribution is 14.1. The predicted octanol–water partition coefficient (Wildman–Crippen LogP) is 4.46. The van der Waals surface area contributed by atoms with Gasteiger partial charge in [-0.15, -0.1) is 0 Å². The molecule has 0 atom stereocenters. The molecule has 2 amide bonds. The van der Waals surface area contributed by atoms with Crippen LogP contribution >= 0.6 is 22.6 Å². The van der Waals surface area contributed by atoms with Gasteiger partial charge in [0.25, 0.3) is 5.91 Å². The quantitative estimate of drug-likeness (QED) is 0.224. The van der Waals surface area contributed by atoms with Crippen LogP contribution in [0.5, 0.6) is 11.5 Å². The van der Waals surface area contributed by atoms with Crippen LogP contribution < -0.4 is 20.2 Å². The third-order valence-corrected chi connectivity index (χ3v) is 5.42. The largest absolute Gasteiger partial charge is 0.493 e. The van der Waals surface area contributed by atoms with E-state index in [9.17, 15) is 14.0 Å². The fraction of sp³-hybridized carbons (Fsp3) is 0.160. The molecule has 0 heterocycles. The Hall–Kier alpha value is -3.47. The van der Waals surface area contributed by atoms with Crippen molar-refractivity contribution in [2.24, 2.45) is 5.10 Å². The van der Waals surface area contributed by atoms with Crippen LogP contribution in [0.2, 0.25) is 0 Å². The molecule has 176 valence electrons. The molecule has 0 aliphatic rings. The first-order chi connectivity index (χ1) is 16.3. The number of halogens is 2. The Bertz CT molecular complexity index is 1180. The van der Waals surface area contributed by atoms with Crippen molar-refractivity contribution in [1.82, 2.24) is 5.43 Å². The minimum Gasteiger partial charge on any atom is -0.493 e. The van der Waals surface area contributed by atoms with Crippen molar-refractivity contribution in [2.45, 2.75) is 13.3 Å². The summed E-state index contributed by atoms with van der Waals surface area (Å²) in [6, 6.07) is 16.6. The summed E-state index contributed by atoms with van der Waals surface area (Å²) in [7, 11) is 1.50. The summed E-state index contributed by atoms with van der Waals surface area (Å²) in [5.41, 5.74) is 5.58. The molecule has 0 bridgehead atoms. The summed E-state index contributed by atoms with van der Waals surface area (Å²) in [5.74, 6) is -0.126. The highest BCUT2D eigenvalue weighted by atomic mass is 127. The van der Waals surface area contributed by atoms with Crippen LogP contribution in [0.4, 0.5) is 10.1 Å². The molecule has 0 spiro atoms. The van der Waals surface area contributed by atoms with Gasteiger partial charge in [0.2, 0.25) is 5.91 Å². The van der Waals surface area contributed by atoms with Gasteiger partial charge < -0.3 is 14.8 Å². The van der Waals surface area contributed by atoms with E-state index < -0.39 is 0 Å². The summed E-state index contributed by atoms with van der Waals surface area (Å²) in [6.07, 6.45) is 1.55. The molecule has 0 saturated heterocycles. The number of anilines is 1. The number of amides is 2. The van der Waals surface area contributed by atoms with Gasteiger partial charge in [-0.1, -0.05) is 29.8 Å². The number of nitrogens with zero attached hydrogens (tertiary/aromatic N) is 1. The normalized spacial score (nSPS) is 10.7. The number of benzene rings is 3. The zero-order valence-electron chi connectivity index (χ0n) is 18.6. The van der Waals surface area contributed by atoms with Gasteiger partial charge in [0.05, 0.1) is 23.3 Å². The van der Waals surface area contributed by atoms with Crippen LogP contribution in [0.15, 0.2) is 65.8 Å². The summed E-state index contributed by atoms with van der Waals surface area (Å²) >= 11 is 2.08. The monoisotopic (exact) mass is 575 g/mol. The summed E-state index contributed by atoms with van der Waals surface area (Å²) in [4.78, 5) is 24.3. The third kappa shape index (κ3) is 7.55. The highest BCUT2D eigenvalue weighted by Gasteiger charge is 2.13. The first kappa shape index (κ1) is 25.2. The van der Waals surface area contributed by atoms with E-state index in [0.29, 0.717) is 31.9 Å². The Morgan fingerprint density at radius 1 is 1.06 bits per heavy atom. The molecule has 3 rings (SSSR count). The number of nitrogens with one attached hydrogen (secondary N) is 2. The molecule has 2 N–H and O–H groups in total. The van der Waals surface area contributed by atoms with Gasteiger partial charge in [-0.05, 0) is 77.0 Å². The van der Waals surface area contributed by atoms with Gasteiger partial charge in [0.1, 0.15) is 5.82 Å². The molecule has 9 heteroatoms. The van der Waals surface area contributed by atoms with Crippen LogP contribution in [-0.2, 0) is 16.0 Å².